The van der Waals surface area contributed by atoms with Crippen molar-refractivity contribution in [3.05, 3.63) is 21.9 Å². The van der Waals surface area contributed by atoms with Gasteiger partial charge in [-0.2, -0.15) is 0 Å². The van der Waals surface area contributed by atoms with Gasteiger partial charge in [0.15, 0.2) is 0 Å². The van der Waals surface area contributed by atoms with E-state index in [1.807, 2.05) is 11.3 Å². The molecule has 0 unspecified atom stereocenters. The molecule has 0 aliphatic heterocycles. The standard InChI is InChI=1S/C14H24N2O2S/c1-12-6-7-13(19-12)4-3-5-14(17)16-9-8-15-10-11-18-2/h6-7,15H,3-5,8-11H2,1-2H3,(H,16,17). The van der Waals surface area contributed by atoms with Crippen LogP contribution in [0.25, 0.3) is 0 Å². The van der Waals surface area contributed by atoms with E-state index in [2.05, 4.69) is 29.7 Å². The molecule has 4 nitrogen and oxygen atoms in total. The zero-order valence-corrected chi connectivity index (χ0v) is 12.6. The van der Waals surface area contributed by atoms with Crippen molar-refractivity contribution < 1.29 is 9.53 Å². The van der Waals surface area contributed by atoms with Gasteiger partial charge in [-0.3, -0.25) is 4.79 Å². The second-order valence-corrected chi connectivity index (χ2v) is 5.83. The molecule has 0 aromatic carbocycles. The van der Waals surface area contributed by atoms with Crippen LogP contribution in [0.1, 0.15) is 22.6 Å². The van der Waals surface area contributed by atoms with Gasteiger partial charge in [0.05, 0.1) is 6.61 Å². The zero-order valence-electron chi connectivity index (χ0n) is 11.8. The van der Waals surface area contributed by atoms with E-state index in [0.29, 0.717) is 19.6 Å². The molecule has 0 saturated carbocycles. The number of ether oxygens (including phenoxy) is 1. The molecule has 0 saturated heterocycles. The molecule has 1 rings (SSSR count). The van der Waals surface area contributed by atoms with Crippen molar-refractivity contribution in [2.45, 2.75) is 26.2 Å². The molecule has 1 heterocycles. The van der Waals surface area contributed by atoms with E-state index < -0.39 is 0 Å². The number of amides is 1. The summed E-state index contributed by atoms with van der Waals surface area (Å²) in [5.74, 6) is 0.141. The number of rotatable bonds is 10. The monoisotopic (exact) mass is 284 g/mol. The van der Waals surface area contributed by atoms with Gasteiger partial charge in [-0.05, 0) is 31.9 Å². The van der Waals surface area contributed by atoms with Crippen LogP contribution >= 0.6 is 11.3 Å². The molecule has 0 aliphatic carbocycles. The lowest BCUT2D eigenvalue weighted by Gasteiger charge is -2.06. The third-order valence-electron chi connectivity index (χ3n) is 2.73. The Morgan fingerprint density at radius 2 is 2.16 bits per heavy atom. The van der Waals surface area contributed by atoms with Crippen molar-refractivity contribution >= 4 is 17.2 Å². The molecule has 0 fully saturated rings. The number of hydrogen-bond acceptors (Lipinski definition) is 4. The van der Waals surface area contributed by atoms with E-state index in [4.69, 9.17) is 4.74 Å². The summed E-state index contributed by atoms with van der Waals surface area (Å²) in [5.41, 5.74) is 0. The molecule has 1 aromatic heterocycles. The summed E-state index contributed by atoms with van der Waals surface area (Å²) in [6, 6.07) is 4.28. The average Bonchev–Trinajstić information content (AvgIpc) is 2.79. The van der Waals surface area contributed by atoms with Crippen molar-refractivity contribution in [2.75, 3.05) is 33.4 Å². The molecule has 0 atom stereocenters. The quantitative estimate of drug-likeness (QED) is 0.643. The van der Waals surface area contributed by atoms with Crippen molar-refractivity contribution in [1.29, 1.82) is 0 Å². The fourth-order valence-electron chi connectivity index (χ4n) is 1.72. The first-order chi connectivity index (χ1) is 9.22. The highest BCUT2D eigenvalue weighted by molar-refractivity contribution is 7.11. The summed E-state index contributed by atoms with van der Waals surface area (Å²) in [4.78, 5) is 14.3. The van der Waals surface area contributed by atoms with Crippen LogP contribution in [-0.2, 0) is 16.0 Å². The predicted molar refractivity (Wildman–Crippen MR) is 79.7 cm³/mol. The molecule has 1 amide bonds. The highest BCUT2D eigenvalue weighted by atomic mass is 32.1. The van der Waals surface area contributed by atoms with E-state index in [-0.39, 0.29) is 5.91 Å². The minimum Gasteiger partial charge on any atom is -0.383 e. The summed E-state index contributed by atoms with van der Waals surface area (Å²) < 4.78 is 4.92. The number of carbonyl (C=O) groups excluding carboxylic acids is 1. The molecule has 108 valence electrons. The van der Waals surface area contributed by atoms with Gasteiger partial charge in [-0.25, -0.2) is 0 Å². The van der Waals surface area contributed by atoms with E-state index in [1.54, 1.807) is 7.11 Å². The highest BCUT2D eigenvalue weighted by Crippen LogP contribution is 2.17. The number of carbonyl (C=O) groups is 1. The Morgan fingerprint density at radius 3 is 2.84 bits per heavy atom. The summed E-state index contributed by atoms with van der Waals surface area (Å²) in [6.07, 6.45) is 2.52. The van der Waals surface area contributed by atoms with Crippen molar-refractivity contribution in [3.8, 4) is 0 Å². The van der Waals surface area contributed by atoms with Gasteiger partial charge >= 0.3 is 0 Å². The molecule has 2 N–H and O–H groups in total. The Hall–Kier alpha value is -0.910. The lowest BCUT2D eigenvalue weighted by Crippen LogP contribution is -2.32. The van der Waals surface area contributed by atoms with Crippen LogP contribution in [0.2, 0.25) is 0 Å². The largest absolute Gasteiger partial charge is 0.383 e. The SMILES string of the molecule is COCCNCCNC(=O)CCCc1ccc(C)s1. The minimum atomic E-state index is 0.141. The molecule has 5 heteroatoms. The summed E-state index contributed by atoms with van der Waals surface area (Å²) >= 11 is 1.81. The van der Waals surface area contributed by atoms with Gasteiger partial charge in [0.25, 0.3) is 0 Å². The van der Waals surface area contributed by atoms with Gasteiger partial charge in [-0.15, -0.1) is 11.3 Å². The maximum Gasteiger partial charge on any atom is 0.220 e. The molecular weight excluding hydrogens is 260 g/mol. The fraction of sp³-hybridized carbons (Fsp3) is 0.643. The summed E-state index contributed by atoms with van der Waals surface area (Å²) in [7, 11) is 1.68. The first-order valence-corrected chi connectivity index (χ1v) is 7.55. The smallest absolute Gasteiger partial charge is 0.220 e. The van der Waals surface area contributed by atoms with Crippen molar-refractivity contribution in [2.24, 2.45) is 0 Å². The van der Waals surface area contributed by atoms with Gasteiger partial charge in [0, 0.05) is 42.9 Å². The van der Waals surface area contributed by atoms with E-state index in [1.165, 1.54) is 9.75 Å². The van der Waals surface area contributed by atoms with E-state index in [0.717, 1.165) is 25.9 Å². The predicted octanol–water partition coefficient (Wildman–Crippen LogP) is 1.73. The topological polar surface area (TPSA) is 50.4 Å². The van der Waals surface area contributed by atoms with E-state index in [9.17, 15) is 4.79 Å². The molecule has 0 spiro atoms. The Kier molecular flexibility index (Phi) is 8.45. The van der Waals surface area contributed by atoms with Crippen molar-refractivity contribution in [1.82, 2.24) is 10.6 Å². The third kappa shape index (κ3) is 7.97. The van der Waals surface area contributed by atoms with Crippen LogP contribution in [0.5, 0.6) is 0 Å². The lowest BCUT2D eigenvalue weighted by molar-refractivity contribution is -0.121. The zero-order chi connectivity index (χ0) is 13.9. The summed E-state index contributed by atoms with van der Waals surface area (Å²) in [5, 5.41) is 6.10. The number of aryl methyl sites for hydroxylation is 2. The van der Waals surface area contributed by atoms with Gasteiger partial charge in [-0.1, -0.05) is 0 Å². The second-order valence-electron chi connectivity index (χ2n) is 4.46. The number of hydrogen-bond donors (Lipinski definition) is 2. The van der Waals surface area contributed by atoms with Gasteiger partial charge in [0.2, 0.25) is 5.91 Å². The minimum absolute atomic E-state index is 0.141. The van der Waals surface area contributed by atoms with Crippen LogP contribution in [0, 0.1) is 6.92 Å². The highest BCUT2D eigenvalue weighted by Gasteiger charge is 2.02. The molecule has 1 aromatic rings. The number of thiophene rings is 1. The first-order valence-electron chi connectivity index (χ1n) is 6.74. The molecule has 0 bridgehead atoms. The van der Waals surface area contributed by atoms with Crippen LogP contribution in [0.15, 0.2) is 12.1 Å². The lowest BCUT2D eigenvalue weighted by atomic mass is 10.2. The fourth-order valence-corrected chi connectivity index (χ4v) is 2.65. The first kappa shape index (κ1) is 16.1. The molecule has 0 aliphatic rings. The van der Waals surface area contributed by atoms with Crippen LogP contribution in [0.4, 0.5) is 0 Å². The third-order valence-corrected chi connectivity index (χ3v) is 3.79. The van der Waals surface area contributed by atoms with Gasteiger partial charge in [0.1, 0.15) is 0 Å². The Labute approximate surface area is 119 Å². The average molecular weight is 284 g/mol. The van der Waals surface area contributed by atoms with Gasteiger partial charge < -0.3 is 15.4 Å². The summed E-state index contributed by atoms with van der Waals surface area (Å²) in [6.45, 7) is 5.11. The Morgan fingerprint density at radius 1 is 1.32 bits per heavy atom. The maximum absolute atomic E-state index is 11.6. The second kappa shape index (κ2) is 9.95. The normalized spacial score (nSPS) is 10.6. The van der Waals surface area contributed by atoms with E-state index >= 15 is 0 Å². The van der Waals surface area contributed by atoms with Crippen LogP contribution in [0.3, 0.4) is 0 Å². The van der Waals surface area contributed by atoms with Crippen LogP contribution in [-0.4, -0.2) is 39.3 Å². The van der Waals surface area contributed by atoms with Crippen LogP contribution < -0.4 is 10.6 Å². The van der Waals surface area contributed by atoms with Crippen molar-refractivity contribution in [3.63, 3.8) is 0 Å². The number of methoxy groups -OCH3 is 1. The Balaban J connectivity index is 1.96. The molecule has 0 radical (unpaired) electrons. The molecule has 19 heavy (non-hydrogen) atoms. The molecular formula is C14H24N2O2S. The Bertz CT molecular complexity index is 366. The number of nitrogens with one attached hydrogen (secondary N) is 2. The maximum atomic E-state index is 11.6.